The first-order valence-electron chi connectivity index (χ1n) is 23.5. The molecule has 27 heteroatoms. The van der Waals surface area contributed by atoms with Crippen molar-refractivity contribution in [2.75, 3.05) is 31.1 Å². The third-order valence-corrected chi connectivity index (χ3v) is 14.0. The summed E-state index contributed by atoms with van der Waals surface area (Å²) in [6.07, 6.45) is -2.34. The summed E-state index contributed by atoms with van der Waals surface area (Å²) in [6.45, 7) is -0.182. The third-order valence-electron chi connectivity index (χ3n) is 11.6. The van der Waals surface area contributed by atoms with Crippen LogP contribution in [0.4, 0.5) is 0 Å². The van der Waals surface area contributed by atoms with Crippen molar-refractivity contribution >= 4 is 86.6 Å². The van der Waals surface area contributed by atoms with Crippen LogP contribution in [0.5, 0.6) is 5.75 Å². The van der Waals surface area contributed by atoms with Gasteiger partial charge >= 0.3 is 0 Å². The molecule has 2 aliphatic heterocycles. The van der Waals surface area contributed by atoms with E-state index in [0.717, 1.165) is 21.6 Å². The van der Waals surface area contributed by atoms with E-state index in [0.29, 0.717) is 36.9 Å². The number of benzene rings is 2. The summed E-state index contributed by atoms with van der Waals surface area (Å²) < 4.78 is 0. The monoisotopic (exact) mass is 1060 g/mol. The fraction of sp³-hybridized carbons (Fsp3) is 0.500. The van der Waals surface area contributed by atoms with Gasteiger partial charge in [0, 0.05) is 37.3 Å². The molecule has 0 bridgehead atoms. The van der Waals surface area contributed by atoms with Gasteiger partial charge in [0.1, 0.15) is 54.1 Å². The molecule has 2 aliphatic rings. The van der Waals surface area contributed by atoms with Crippen LogP contribution in [0.1, 0.15) is 62.5 Å². The van der Waals surface area contributed by atoms with Crippen LogP contribution in [-0.2, 0) is 65.6 Å². The summed E-state index contributed by atoms with van der Waals surface area (Å²) >= 11 is 0. The van der Waals surface area contributed by atoms with E-state index >= 15 is 0 Å². The SMILES string of the molecule is NCCCCC(NC(=O)C1CCCN1C(=O)C1CSSCC(O)C(=O)NC(Cc2ccc(O)cc2)C(=O)NC(Cc2ccccc2)C(=O)NC(CCC(N)=O)C(=O)NC(CC(N)=O)C(=O)N1)C(=O)NCC(N)=O. The molecule has 2 aromatic carbocycles. The molecule has 0 spiro atoms. The first-order chi connectivity index (χ1) is 34.8. The van der Waals surface area contributed by atoms with E-state index in [1.165, 1.54) is 29.2 Å². The Kier molecular flexibility index (Phi) is 23.7. The Morgan fingerprint density at radius 3 is 1.89 bits per heavy atom. The van der Waals surface area contributed by atoms with Crippen LogP contribution in [0.25, 0.3) is 0 Å². The number of nitrogens with one attached hydrogen (secondary N) is 7. The second-order valence-corrected chi connectivity index (χ2v) is 19.9. The summed E-state index contributed by atoms with van der Waals surface area (Å²) in [5.41, 5.74) is 22.8. The number of likely N-dealkylation sites (tertiary alicyclic amines) is 1. The lowest BCUT2D eigenvalue weighted by Crippen LogP contribution is -2.61. The number of carbonyl (C=O) groups excluding carboxylic acids is 11. The van der Waals surface area contributed by atoms with Crippen molar-refractivity contribution in [3.63, 3.8) is 0 Å². The minimum Gasteiger partial charge on any atom is -0.508 e. The molecule has 0 saturated carbocycles. The maximum absolute atomic E-state index is 14.5. The molecular formula is C46H64N12O13S2. The molecule has 8 unspecified atom stereocenters. The molecule has 25 nitrogen and oxygen atoms in total. The summed E-state index contributed by atoms with van der Waals surface area (Å²) in [4.78, 5) is 149. The summed E-state index contributed by atoms with van der Waals surface area (Å²) in [6, 6.07) is 3.95. The number of rotatable bonds is 19. The smallest absolute Gasteiger partial charge is 0.250 e. The van der Waals surface area contributed by atoms with Crippen LogP contribution in [0.2, 0.25) is 0 Å². The third kappa shape index (κ3) is 19.5. The van der Waals surface area contributed by atoms with Gasteiger partial charge in [-0.2, -0.15) is 0 Å². The number of hydrogen-bond donors (Lipinski definition) is 13. The van der Waals surface area contributed by atoms with E-state index < -0.39 is 139 Å². The molecule has 2 fully saturated rings. The molecule has 0 aromatic heterocycles. The number of amides is 11. The second kappa shape index (κ2) is 29.5. The van der Waals surface area contributed by atoms with E-state index in [4.69, 9.17) is 22.9 Å². The van der Waals surface area contributed by atoms with Crippen LogP contribution in [0.3, 0.4) is 0 Å². The molecule has 0 radical (unpaired) electrons. The topological polar surface area (TPSA) is 420 Å². The first-order valence-corrected chi connectivity index (χ1v) is 25.9. The number of primary amides is 3. The molecule has 2 heterocycles. The summed E-state index contributed by atoms with van der Waals surface area (Å²) in [5.74, 6) is -10.7. The van der Waals surface area contributed by atoms with E-state index in [1.807, 2.05) is 0 Å². The number of phenols is 1. The van der Waals surface area contributed by atoms with Crippen molar-refractivity contribution in [2.45, 2.75) is 113 Å². The van der Waals surface area contributed by atoms with Crippen molar-refractivity contribution in [3.05, 3.63) is 65.7 Å². The van der Waals surface area contributed by atoms with Gasteiger partial charge in [0.15, 0.2) is 0 Å². The fourth-order valence-corrected chi connectivity index (χ4v) is 9.98. The van der Waals surface area contributed by atoms with Crippen LogP contribution >= 0.6 is 21.6 Å². The zero-order chi connectivity index (χ0) is 53.6. The Balaban J connectivity index is 1.71. The Bertz CT molecular complexity index is 2300. The number of aliphatic hydroxyl groups excluding tert-OH is 1. The predicted molar refractivity (Wildman–Crippen MR) is 267 cm³/mol. The Morgan fingerprint density at radius 1 is 0.699 bits per heavy atom. The number of phenolic OH excluding ortho intramolecular Hbond substituents is 1. The minimum atomic E-state index is -1.80. The van der Waals surface area contributed by atoms with E-state index in [1.54, 1.807) is 30.3 Å². The Labute approximate surface area is 428 Å². The highest BCUT2D eigenvalue weighted by Gasteiger charge is 2.40. The highest BCUT2D eigenvalue weighted by Crippen LogP contribution is 2.26. The van der Waals surface area contributed by atoms with Crippen molar-refractivity contribution < 1.29 is 63.0 Å². The summed E-state index contributed by atoms with van der Waals surface area (Å²) in [5, 5.41) is 38.6. The predicted octanol–water partition coefficient (Wildman–Crippen LogP) is -4.30. The maximum atomic E-state index is 14.5. The molecular weight excluding hydrogens is 993 g/mol. The lowest BCUT2D eigenvalue weighted by atomic mass is 10.0. The first kappa shape index (κ1) is 58.6. The van der Waals surface area contributed by atoms with Gasteiger partial charge in [-0.1, -0.05) is 64.1 Å². The molecule has 0 aliphatic carbocycles. The molecule has 398 valence electrons. The van der Waals surface area contributed by atoms with Crippen molar-refractivity contribution in [1.29, 1.82) is 0 Å². The average Bonchev–Trinajstić information content (AvgIpc) is 3.85. The molecule has 2 aromatic rings. The highest BCUT2D eigenvalue weighted by molar-refractivity contribution is 8.76. The quantitative estimate of drug-likeness (QED) is 0.0468. The molecule has 17 N–H and O–H groups in total. The van der Waals surface area contributed by atoms with Crippen molar-refractivity contribution in [3.8, 4) is 5.75 Å². The van der Waals surface area contributed by atoms with Gasteiger partial charge in [0.2, 0.25) is 65.0 Å². The van der Waals surface area contributed by atoms with Gasteiger partial charge in [-0.25, -0.2) is 0 Å². The highest BCUT2D eigenvalue weighted by atomic mass is 33.1. The largest absolute Gasteiger partial charge is 0.508 e. The molecule has 4 rings (SSSR count). The fourth-order valence-electron chi connectivity index (χ4n) is 7.77. The van der Waals surface area contributed by atoms with E-state index in [9.17, 15) is 63.0 Å². The van der Waals surface area contributed by atoms with E-state index in [-0.39, 0.29) is 49.5 Å². The van der Waals surface area contributed by atoms with Gasteiger partial charge in [-0.3, -0.25) is 52.7 Å². The normalized spacial score (nSPS) is 23.0. The number of unbranched alkanes of at least 4 members (excludes halogenated alkanes) is 1. The molecule has 2 saturated heterocycles. The number of nitrogens with zero attached hydrogens (tertiary/aromatic N) is 1. The Hall–Kier alpha value is -6.97. The van der Waals surface area contributed by atoms with Gasteiger partial charge < -0.3 is 75.3 Å². The summed E-state index contributed by atoms with van der Waals surface area (Å²) in [7, 11) is 1.82. The zero-order valence-electron chi connectivity index (χ0n) is 39.9. The van der Waals surface area contributed by atoms with Crippen LogP contribution in [0, 0.1) is 0 Å². The number of carbonyl (C=O) groups is 11. The zero-order valence-corrected chi connectivity index (χ0v) is 41.5. The van der Waals surface area contributed by atoms with Gasteiger partial charge in [-0.05, 0) is 68.3 Å². The molecule has 73 heavy (non-hydrogen) atoms. The number of aliphatic hydroxyl groups is 1. The second-order valence-electron chi connectivity index (χ2n) is 17.3. The van der Waals surface area contributed by atoms with E-state index in [2.05, 4.69) is 37.2 Å². The lowest BCUT2D eigenvalue weighted by molar-refractivity contribution is -0.142. The average molecular weight is 1060 g/mol. The number of nitrogens with two attached hydrogens (primary N) is 4. The molecule has 8 atom stereocenters. The van der Waals surface area contributed by atoms with Crippen LogP contribution in [0.15, 0.2) is 54.6 Å². The standard InChI is InChI=1S/C46H64N12O13S2/c47-17-5-4-9-28(39(64)51-22-38(50)63)53-44(69)34-10-6-18-58(34)46(71)33-23-72-73-24-35(60)45(70)56-31(20-26-11-13-27(59)14-12-26)42(67)54-30(19-25-7-2-1-3-8-25)41(66)52-29(15-16-36(48)61)40(65)55-32(21-37(49)62)43(68)57-33/h1-3,7-8,11-14,28-35,59-60H,4-6,9-10,15-24,47H2,(H2,48,61)(H2,49,62)(H2,50,63)(H,51,64)(H,52,66)(H,53,69)(H,54,67)(H,55,65)(H,56,70)(H,57,68). The molecule has 11 amide bonds. The van der Waals surface area contributed by atoms with Gasteiger partial charge in [0.05, 0.1) is 13.0 Å². The maximum Gasteiger partial charge on any atom is 0.250 e. The van der Waals surface area contributed by atoms with Crippen LogP contribution in [-0.4, -0.2) is 160 Å². The Morgan fingerprint density at radius 2 is 1.27 bits per heavy atom. The number of aromatic hydroxyl groups is 1. The lowest BCUT2D eigenvalue weighted by Gasteiger charge is -2.31. The van der Waals surface area contributed by atoms with Crippen LogP contribution < -0.4 is 60.2 Å². The van der Waals surface area contributed by atoms with Crippen molar-refractivity contribution in [1.82, 2.24) is 42.1 Å². The van der Waals surface area contributed by atoms with Gasteiger partial charge in [-0.15, -0.1) is 0 Å². The van der Waals surface area contributed by atoms with Gasteiger partial charge in [0.25, 0.3) is 0 Å². The minimum absolute atomic E-state index is 0.0124. The number of hydrogen-bond acceptors (Lipinski definition) is 16. The van der Waals surface area contributed by atoms with Crippen molar-refractivity contribution in [2.24, 2.45) is 22.9 Å².